The smallest absolute Gasteiger partial charge is 0.212 e. The van der Waals surface area contributed by atoms with Crippen molar-refractivity contribution in [1.29, 1.82) is 0 Å². The Labute approximate surface area is 159 Å². The molecule has 134 valence electrons. The highest BCUT2D eigenvalue weighted by atomic mass is 35.5. The van der Waals surface area contributed by atoms with E-state index in [0.717, 1.165) is 18.4 Å². The van der Waals surface area contributed by atoms with Gasteiger partial charge in [0.25, 0.3) is 0 Å². The monoisotopic (exact) mass is 397 g/mol. The third-order valence-electron chi connectivity index (χ3n) is 4.62. The number of halogens is 2. The van der Waals surface area contributed by atoms with E-state index in [1.54, 1.807) is 18.2 Å². The van der Waals surface area contributed by atoms with Crippen molar-refractivity contribution in [3.8, 4) is 0 Å². The molecule has 2 aromatic rings. The maximum atomic E-state index is 12.5. The van der Waals surface area contributed by atoms with Crippen LogP contribution in [0.4, 0.5) is 0 Å². The molecule has 1 atom stereocenters. The lowest BCUT2D eigenvalue weighted by Crippen LogP contribution is -2.28. The molecule has 0 aliphatic heterocycles. The highest BCUT2D eigenvalue weighted by Crippen LogP contribution is 2.28. The fraction of sp³-hybridized carbons (Fsp3) is 0.368. The molecule has 0 bridgehead atoms. The van der Waals surface area contributed by atoms with Crippen molar-refractivity contribution in [3.05, 3.63) is 68.7 Å². The quantitative estimate of drug-likeness (QED) is 0.766. The molecule has 0 fully saturated rings. The third-order valence-corrected chi connectivity index (χ3v) is 6.71. The Morgan fingerprint density at radius 1 is 1.04 bits per heavy atom. The van der Waals surface area contributed by atoms with Gasteiger partial charge in [0.1, 0.15) is 0 Å². The Morgan fingerprint density at radius 3 is 2.36 bits per heavy atom. The van der Waals surface area contributed by atoms with Gasteiger partial charge in [0.05, 0.1) is 5.75 Å². The minimum Gasteiger partial charge on any atom is -0.212 e. The summed E-state index contributed by atoms with van der Waals surface area (Å²) in [6.07, 6.45) is 4.60. The fourth-order valence-corrected chi connectivity index (χ4v) is 5.40. The van der Waals surface area contributed by atoms with Gasteiger partial charge in [-0.25, -0.2) is 13.1 Å². The molecule has 2 aromatic carbocycles. The summed E-state index contributed by atoms with van der Waals surface area (Å²) >= 11 is 12.2. The summed E-state index contributed by atoms with van der Waals surface area (Å²) in [5.74, 6) is -0.235. The summed E-state index contributed by atoms with van der Waals surface area (Å²) < 4.78 is 27.8. The van der Waals surface area contributed by atoms with Gasteiger partial charge in [0, 0.05) is 21.7 Å². The minimum atomic E-state index is -3.57. The Morgan fingerprint density at radius 2 is 1.68 bits per heavy atom. The summed E-state index contributed by atoms with van der Waals surface area (Å²) in [6, 6.07) is 10.9. The second kappa shape index (κ2) is 7.67. The maximum Gasteiger partial charge on any atom is 0.216 e. The molecular formula is C19H21Cl2NO2S. The number of rotatable bonds is 5. The van der Waals surface area contributed by atoms with E-state index >= 15 is 0 Å². The van der Waals surface area contributed by atoms with Crippen LogP contribution in [0.5, 0.6) is 0 Å². The third kappa shape index (κ3) is 4.56. The zero-order chi connectivity index (χ0) is 18.0. The molecule has 6 heteroatoms. The van der Waals surface area contributed by atoms with Crippen molar-refractivity contribution in [2.45, 2.75) is 44.4 Å². The second-order valence-corrected chi connectivity index (χ2v) is 9.10. The predicted molar refractivity (Wildman–Crippen MR) is 104 cm³/mol. The second-order valence-electron chi connectivity index (χ2n) is 6.53. The number of sulfonamides is 1. The van der Waals surface area contributed by atoms with Crippen LogP contribution in [0.15, 0.2) is 36.4 Å². The zero-order valence-electron chi connectivity index (χ0n) is 14.1. The molecule has 3 rings (SSSR count). The molecule has 1 aliphatic carbocycles. The average molecular weight is 398 g/mol. The first-order valence-corrected chi connectivity index (χ1v) is 10.8. The van der Waals surface area contributed by atoms with E-state index in [0.29, 0.717) is 15.6 Å². The molecule has 0 unspecified atom stereocenters. The largest absolute Gasteiger partial charge is 0.216 e. The molecule has 0 saturated heterocycles. The molecule has 3 nitrogen and oxygen atoms in total. The summed E-state index contributed by atoms with van der Waals surface area (Å²) in [4.78, 5) is 0. The van der Waals surface area contributed by atoms with Gasteiger partial charge in [-0.05, 0) is 61.4 Å². The fourth-order valence-electron chi connectivity index (χ4n) is 3.26. The number of hydrogen-bond acceptors (Lipinski definition) is 2. The van der Waals surface area contributed by atoms with Gasteiger partial charge in [-0.15, -0.1) is 0 Å². The van der Waals surface area contributed by atoms with Crippen molar-refractivity contribution in [2.75, 3.05) is 0 Å². The summed E-state index contributed by atoms with van der Waals surface area (Å²) in [5, 5.41) is 0.721. The van der Waals surface area contributed by atoms with Crippen molar-refractivity contribution in [3.63, 3.8) is 0 Å². The van der Waals surface area contributed by atoms with E-state index in [2.05, 4.69) is 16.9 Å². The summed E-state index contributed by atoms with van der Waals surface area (Å²) in [6.45, 7) is 1.86. The number of fused-ring (bicyclic) bond motifs is 1. The maximum absolute atomic E-state index is 12.5. The predicted octanol–water partition coefficient (Wildman–Crippen LogP) is 5.05. The Balaban J connectivity index is 1.76. The van der Waals surface area contributed by atoms with E-state index in [9.17, 15) is 8.42 Å². The molecule has 0 amide bonds. The topological polar surface area (TPSA) is 46.2 Å². The molecule has 0 heterocycles. The molecule has 0 radical (unpaired) electrons. The molecular weight excluding hydrogens is 377 g/mol. The number of aryl methyl sites for hydroxylation is 2. The number of nitrogens with one attached hydrogen (secondary N) is 1. The van der Waals surface area contributed by atoms with Crippen molar-refractivity contribution in [2.24, 2.45) is 0 Å². The number of hydrogen-bond donors (Lipinski definition) is 1. The van der Waals surface area contributed by atoms with Crippen LogP contribution in [0, 0.1) is 0 Å². The Kier molecular flexibility index (Phi) is 5.74. The van der Waals surface area contributed by atoms with Crippen molar-refractivity contribution < 1.29 is 8.42 Å². The van der Waals surface area contributed by atoms with E-state index in [-0.39, 0.29) is 11.8 Å². The van der Waals surface area contributed by atoms with E-state index < -0.39 is 10.0 Å². The van der Waals surface area contributed by atoms with Gasteiger partial charge in [0.15, 0.2) is 0 Å². The first-order valence-electron chi connectivity index (χ1n) is 8.40. The summed E-state index contributed by atoms with van der Waals surface area (Å²) in [7, 11) is -3.57. The SMILES string of the molecule is C[C@H](NS(=O)(=O)Cc1c(Cl)cccc1Cl)c1ccc2c(c1)CCCC2. The van der Waals surface area contributed by atoms with E-state index in [1.807, 2.05) is 13.0 Å². The van der Waals surface area contributed by atoms with Gasteiger partial charge in [-0.2, -0.15) is 0 Å². The lowest BCUT2D eigenvalue weighted by Gasteiger charge is -2.20. The lowest BCUT2D eigenvalue weighted by molar-refractivity contribution is 0.565. The van der Waals surface area contributed by atoms with Crippen molar-refractivity contribution >= 4 is 33.2 Å². The van der Waals surface area contributed by atoms with Crippen LogP contribution in [0.2, 0.25) is 10.0 Å². The average Bonchev–Trinajstić information content (AvgIpc) is 2.57. The van der Waals surface area contributed by atoms with Gasteiger partial charge in [-0.3, -0.25) is 0 Å². The lowest BCUT2D eigenvalue weighted by atomic mass is 9.89. The molecule has 0 spiro atoms. The van der Waals surface area contributed by atoms with Crippen LogP contribution in [-0.2, 0) is 28.6 Å². The van der Waals surface area contributed by atoms with Crippen LogP contribution >= 0.6 is 23.2 Å². The normalized spacial score (nSPS) is 15.6. The first-order chi connectivity index (χ1) is 11.9. The van der Waals surface area contributed by atoms with Crippen LogP contribution in [0.25, 0.3) is 0 Å². The zero-order valence-corrected chi connectivity index (χ0v) is 16.4. The number of benzene rings is 2. The van der Waals surface area contributed by atoms with Gasteiger partial charge < -0.3 is 0 Å². The molecule has 1 aliphatic rings. The van der Waals surface area contributed by atoms with Gasteiger partial charge in [0.2, 0.25) is 10.0 Å². The molecule has 25 heavy (non-hydrogen) atoms. The standard InChI is InChI=1S/C19H21Cl2NO2S/c1-13(15-10-9-14-5-2-3-6-16(14)11-15)22-25(23,24)12-17-18(20)7-4-8-19(17)21/h4,7-11,13,22H,2-3,5-6,12H2,1H3/t13-/m0/s1. The van der Waals surface area contributed by atoms with E-state index in [1.165, 1.54) is 24.0 Å². The van der Waals surface area contributed by atoms with Gasteiger partial charge in [-0.1, -0.05) is 47.5 Å². The van der Waals surface area contributed by atoms with Crippen LogP contribution in [0.3, 0.4) is 0 Å². The highest BCUT2D eigenvalue weighted by molar-refractivity contribution is 7.88. The highest BCUT2D eigenvalue weighted by Gasteiger charge is 2.20. The summed E-state index contributed by atoms with van der Waals surface area (Å²) in [5.41, 5.74) is 4.13. The molecule has 0 aromatic heterocycles. The van der Waals surface area contributed by atoms with Gasteiger partial charge >= 0.3 is 0 Å². The molecule has 1 N–H and O–H groups in total. The Bertz CT molecular complexity index is 861. The van der Waals surface area contributed by atoms with Crippen LogP contribution < -0.4 is 4.72 Å². The Hall–Kier alpha value is -1.07. The van der Waals surface area contributed by atoms with Crippen LogP contribution in [0.1, 0.15) is 48.1 Å². The van der Waals surface area contributed by atoms with Crippen LogP contribution in [-0.4, -0.2) is 8.42 Å². The van der Waals surface area contributed by atoms with E-state index in [4.69, 9.17) is 23.2 Å². The first kappa shape index (κ1) is 18.7. The molecule has 0 saturated carbocycles. The minimum absolute atomic E-state index is 0.235. The van der Waals surface area contributed by atoms with Crippen molar-refractivity contribution in [1.82, 2.24) is 4.72 Å².